The second-order valence-corrected chi connectivity index (χ2v) is 2.36. The SMILES string of the molecule is S=CCCc1ccccn1. The molecule has 0 aliphatic rings. The molecule has 1 heterocycles. The van der Waals surface area contributed by atoms with Gasteiger partial charge >= 0.3 is 0 Å². The molecule has 0 unspecified atom stereocenters. The summed E-state index contributed by atoms with van der Waals surface area (Å²) in [4.78, 5) is 4.15. The molecule has 0 atom stereocenters. The summed E-state index contributed by atoms with van der Waals surface area (Å²) in [6.45, 7) is 0. The van der Waals surface area contributed by atoms with E-state index in [1.54, 1.807) is 11.6 Å². The van der Waals surface area contributed by atoms with E-state index in [9.17, 15) is 0 Å². The molecular formula is C8H9NS. The maximum Gasteiger partial charge on any atom is 0.0406 e. The van der Waals surface area contributed by atoms with E-state index in [0.717, 1.165) is 18.5 Å². The van der Waals surface area contributed by atoms with Gasteiger partial charge in [-0.2, -0.15) is 0 Å². The van der Waals surface area contributed by atoms with Crippen LogP contribution < -0.4 is 0 Å². The van der Waals surface area contributed by atoms with Crippen LogP contribution in [0, 0.1) is 0 Å². The standard InChI is InChI=1S/C8H9NS/c10-7-3-5-8-4-1-2-6-9-8/h1-2,4,6-7H,3,5H2. The molecule has 0 spiro atoms. The van der Waals surface area contributed by atoms with Gasteiger partial charge in [0.25, 0.3) is 0 Å². The minimum atomic E-state index is 0.937. The molecule has 0 saturated carbocycles. The van der Waals surface area contributed by atoms with Gasteiger partial charge in [0.2, 0.25) is 0 Å². The van der Waals surface area contributed by atoms with Crippen molar-refractivity contribution in [2.75, 3.05) is 0 Å². The molecule has 0 N–H and O–H groups in total. The molecule has 1 nitrogen and oxygen atoms in total. The van der Waals surface area contributed by atoms with Gasteiger partial charge in [0, 0.05) is 11.9 Å². The highest BCUT2D eigenvalue weighted by Crippen LogP contribution is 1.95. The van der Waals surface area contributed by atoms with Gasteiger partial charge < -0.3 is 0 Å². The van der Waals surface area contributed by atoms with Gasteiger partial charge in [0.1, 0.15) is 0 Å². The van der Waals surface area contributed by atoms with Crippen molar-refractivity contribution in [1.82, 2.24) is 4.98 Å². The van der Waals surface area contributed by atoms with Crippen LogP contribution in [0.3, 0.4) is 0 Å². The molecular weight excluding hydrogens is 142 g/mol. The Kier molecular flexibility index (Phi) is 3.03. The van der Waals surface area contributed by atoms with Crippen molar-refractivity contribution in [3.63, 3.8) is 0 Å². The third-order valence-electron chi connectivity index (χ3n) is 1.24. The first-order valence-electron chi connectivity index (χ1n) is 3.27. The third-order valence-corrected chi connectivity index (χ3v) is 1.48. The van der Waals surface area contributed by atoms with E-state index in [1.807, 2.05) is 18.2 Å². The van der Waals surface area contributed by atoms with Gasteiger partial charge in [-0.1, -0.05) is 18.3 Å². The van der Waals surface area contributed by atoms with Crippen LogP contribution in [-0.4, -0.2) is 10.4 Å². The Morgan fingerprint density at radius 1 is 1.50 bits per heavy atom. The average molecular weight is 151 g/mol. The number of hydrogen-bond donors (Lipinski definition) is 0. The highest BCUT2D eigenvalue weighted by atomic mass is 32.1. The van der Waals surface area contributed by atoms with Crippen LogP contribution >= 0.6 is 12.2 Å². The van der Waals surface area contributed by atoms with Crippen molar-refractivity contribution >= 4 is 17.6 Å². The van der Waals surface area contributed by atoms with Crippen molar-refractivity contribution < 1.29 is 0 Å². The normalized spacial score (nSPS) is 9.20. The zero-order valence-electron chi connectivity index (χ0n) is 5.66. The van der Waals surface area contributed by atoms with Crippen molar-refractivity contribution in [1.29, 1.82) is 0 Å². The Bertz CT molecular complexity index is 196. The van der Waals surface area contributed by atoms with Crippen molar-refractivity contribution in [2.45, 2.75) is 12.8 Å². The monoisotopic (exact) mass is 151 g/mol. The third kappa shape index (κ3) is 2.23. The first kappa shape index (κ1) is 7.35. The smallest absolute Gasteiger partial charge is 0.0406 e. The molecule has 52 valence electrons. The second kappa shape index (κ2) is 4.12. The number of aryl methyl sites for hydroxylation is 1. The molecule has 2 heteroatoms. The molecule has 0 aromatic carbocycles. The topological polar surface area (TPSA) is 12.9 Å². The van der Waals surface area contributed by atoms with Crippen LogP contribution in [0.2, 0.25) is 0 Å². The molecule has 10 heavy (non-hydrogen) atoms. The van der Waals surface area contributed by atoms with Crippen LogP contribution in [0.15, 0.2) is 24.4 Å². The minimum Gasteiger partial charge on any atom is -0.261 e. The predicted octanol–water partition coefficient (Wildman–Crippen LogP) is 2.01. The van der Waals surface area contributed by atoms with E-state index in [1.165, 1.54) is 0 Å². The summed E-state index contributed by atoms with van der Waals surface area (Å²) >= 11 is 4.70. The Balaban J connectivity index is 2.50. The van der Waals surface area contributed by atoms with E-state index in [4.69, 9.17) is 12.2 Å². The quantitative estimate of drug-likeness (QED) is 0.613. The lowest BCUT2D eigenvalue weighted by molar-refractivity contribution is 0.988. The predicted molar refractivity (Wildman–Crippen MR) is 46.2 cm³/mol. The van der Waals surface area contributed by atoms with Gasteiger partial charge in [-0.3, -0.25) is 4.98 Å². The summed E-state index contributed by atoms with van der Waals surface area (Å²) in [5.41, 5.74) is 1.11. The fourth-order valence-corrected chi connectivity index (χ4v) is 0.871. The Labute approximate surface area is 66.1 Å². The molecule has 1 aromatic heterocycles. The summed E-state index contributed by atoms with van der Waals surface area (Å²) in [5.74, 6) is 0. The molecule has 0 radical (unpaired) electrons. The number of pyridine rings is 1. The number of hydrogen-bond acceptors (Lipinski definition) is 2. The van der Waals surface area contributed by atoms with E-state index in [2.05, 4.69) is 4.98 Å². The van der Waals surface area contributed by atoms with Gasteiger partial charge in [-0.15, -0.1) is 0 Å². The molecule has 1 aromatic rings. The zero-order valence-corrected chi connectivity index (χ0v) is 6.47. The largest absolute Gasteiger partial charge is 0.261 e. The average Bonchev–Trinajstić information content (AvgIpc) is 2.03. The second-order valence-electron chi connectivity index (χ2n) is 2.03. The lowest BCUT2D eigenvalue weighted by atomic mass is 10.2. The molecule has 0 fully saturated rings. The maximum atomic E-state index is 4.70. The minimum absolute atomic E-state index is 0.937. The lowest BCUT2D eigenvalue weighted by Crippen LogP contribution is -1.87. The van der Waals surface area contributed by atoms with Crippen LogP contribution in [-0.2, 0) is 6.42 Å². The fourth-order valence-electron chi connectivity index (χ4n) is 0.753. The molecule has 0 aliphatic carbocycles. The van der Waals surface area contributed by atoms with E-state index in [-0.39, 0.29) is 0 Å². The first-order chi connectivity index (χ1) is 4.93. The molecule has 1 rings (SSSR count). The highest BCUT2D eigenvalue weighted by Gasteiger charge is 1.88. The molecule has 0 amide bonds. The van der Waals surface area contributed by atoms with Gasteiger partial charge in [-0.05, 0) is 30.3 Å². The summed E-state index contributed by atoms with van der Waals surface area (Å²) in [6.07, 6.45) is 3.70. The number of thiocarbonyl (C=S) groups is 1. The Morgan fingerprint density at radius 3 is 3.00 bits per heavy atom. The van der Waals surface area contributed by atoms with Crippen LogP contribution in [0.1, 0.15) is 12.1 Å². The lowest BCUT2D eigenvalue weighted by Gasteiger charge is -1.93. The fraction of sp³-hybridized carbons (Fsp3) is 0.250. The van der Waals surface area contributed by atoms with Crippen LogP contribution in [0.25, 0.3) is 0 Å². The van der Waals surface area contributed by atoms with Crippen LogP contribution in [0.4, 0.5) is 0 Å². The maximum absolute atomic E-state index is 4.70. The first-order valence-corrected chi connectivity index (χ1v) is 3.74. The molecule has 0 aliphatic heterocycles. The molecule has 0 saturated heterocycles. The number of rotatable bonds is 3. The molecule has 0 bridgehead atoms. The van der Waals surface area contributed by atoms with Gasteiger partial charge in [-0.25, -0.2) is 0 Å². The summed E-state index contributed by atoms with van der Waals surface area (Å²) in [6, 6.07) is 5.92. The highest BCUT2D eigenvalue weighted by molar-refractivity contribution is 7.78. The summed E-state index contributed by atoms with van der Waals surface area (Å²) < 4.78 is 0. The van der Waals surface area contributed by atoms with E-state index in [0.29, 0.717) is 0 Å². The number of nitrogens with zero attached hydrogens (tertiary/aromatic N) is 1. The van der Waals surface area contributed by atoms with Crippen molar-refractivity contribution in [3.8, 4) is 0 Å². The zero-order chi connectivity index (χ0) is 7.23. The van der Waals surface area contributed by atoms with E-state index < -0.39 is 0 Å². The van der Waals surface area contributed by atoms with Crippen molar-refractivity contribution in [2.24, 2.45) is 0 Å². The summed E-state index contributed by atoms with van der Waals surface area (Å²) in [7, 11) is 0. The summed E-state index contributed by atoms with van der Waals surface area (Å²) in [5, 5.41) is 1.74. The van der Waals surface area contributed by atoms with E-state index >= 15 is 0 Å². The number of aromatic nitrogens is 1. The Morgan fingerprint density at radius 2 is 2.40 bits per heavy atom. The van der Waals surface area contributed by atoms with Gasteiger partial charge in [0.05, 0.1) is 0 Å². The van der Waals surface area contributed by atoms with Gasteiger partial charge in [0.15, 0.2) is 0 Å². The Hall–Kier alpha value is -0.760. The van der Waals surface area contributed by atoms with Crippen molar-refractivity contribution in [3.05, 3.63) is 30.1 Å². The van der Waals surface area contributed by atoms with Crippen LogP contribution in [0.5, 0.6) is 0 Å².